The van der Waals surface area contributed by atoms with E-state index in [1.807, 2.05) is 0 Å². The van der Waals surface area contributed by atoms with E-state index in [0.29, 0.717) is 19.3 Å². The standard InChI is InChI=1S/C56H94O6/c1-4-7-10-13-16-18-20-22-23-24-25-26-27-28-29-30-31-32-33-34-36-37-40-43-46-49-55(58)61-52-53(51-60-54(57)48-45-42-39-15-12-9-6-3)62-56(59)50-47-44-41-38-35-21-19-17-14-11-8-5-2/h7,10,16-19,22-23,25-26,28-29,31-32,53H,4-6,8-9,11-15,20-21,24,27,30,33-52H2,1-3H3/b10-7-,18-16-,19-17-,23-22-,26-25-,29-28-,32-31-. The van der Waals surface area contributed by atoms with Crippen molar-refractivity contribution in [3.63, 3.8) is 0 Å². The lowest BCUT2D eigenvalue weighted by molar-refractivity contribution is -0.167. The molecular weight excluding hydrogens is 769 g/mol. The minimum atomic E-state index is -0.783. The molecule has 0 N–H and O–H groups in total. The molecule has 0 radical (unpaired) electrons. The van der Waals surface area contributed by atoms with Gasteiger partial charge >= 0.3 is 17.9 Å². The molecule has 62 heavy (non-hydrogen) atoms. The lowest BCUT2D eigenvalue weighted by atomic mass is 10.1. The van der Waals surface area contributed by atoms with Crippen molar-refractivity contribution in [2.45, 2.75) is 239 Å². The summed E-state index contributed by atoms with van der Waals surface area (Å²) >= 11 is 0. The summed E-state index contributed by atoms with van der Waals surface area (Å²) in [4.78, 5) is 37.7. The molecule has 0 saturated heterocycles. The average molecular weight is 863 g/mol. The number of ether oxygens (including phenoxy) is 3. The lowest BCUT2D eigenvalue weighted by Gasteiger charge is -2.18. The Bertz CT molecular complexity index is 1220. The second kappa shape index (κ2) is 50.2. The molecule has 354 valence electrons. The summed E-state index contributed by atoms with van der Waals surface area (Å²) in [7, 11) is 0. The molecule has 0 saturated carbocycles. The molecule has 0 bridgehead atoms. The van der Waals surface area contributed by atoms with Gasteiger partial charge in [-0.05, 0) is 96.3 Å². The third-order valence-corrected chi connectivity index (χ3v) is 10.6. The molecule has 0 aliphatic heterocycles. The van der Waals surface area contributed by atoms with E-state index in [0.717, 1.165) is 122 Å². The van der Waals surface area contributed by atoms with Crippen LogP contribution in [-0.4, -0.2) is 37.2 Å². The molecule has 0 amide bonds. The van der Waals surface area contributed by atoms with Crippen LogP contribution in [-0.2, 0) is 28.6 Å². The van der Waals surface area contributed by atoms with Crippen LogP contribution in [0.15, 0.2) is 85.1 Å². The van der Waals surface area contributed by atoms with Gasteiger partial charge < -0.3 is 14.2 Å². The molecule has 1 atom stereocenters. The Hall–Kier alpha value is -3.41. The van der Waals surface area contributed by atoms with Gasteiger partial charge in [-0.2, -0.15) is 0 Å². The van der Waals surface area contributed by atoms with Gasteiger partial charge in [0.1, 0.15) is 13.2 Å². The van der Waals surface area contributed by atoms with Crippen molar-refractivity contribution >= 4 is 17.9 Å². The number of allylic oxidation sites excluding steroid dienone is 14. The minimum absolute atomic E-state index is 0.0844. The van der Waals surface area contributed by atoms with E-state index < -0.39 is 6.10 Å². The number of hydrogen-bond acceptors (Lipinski definition) is 6. The first-order valence-corrected chi connectivity index (χ1v) is 25.6. The molecule has 1 unspecified atom stereocenters. The largest absolute Gasteiger partial charge is 0.462 e. The van der Waals surface area contributed by atoms with Crippen LogP contribution in [0.2, 0.25) is 0 Å². The summed E-state index contributed by atoms with van der Waals surface area (Å²) in [6.45, 7) is 6.43. The summed E-state index contributed by atoms with van der Waals surface area (Å²) < 4.78 is 16.7. The summed E-state index contributed by atoms with van der Waals surface area (Å²) in [5, 5.41) is 0. The zero-order valence-corrected chi connectivity index (χ0v) is 40.4. The number of carbonyl (C=O) groups is 3. The van der Waals surface area contributed by atoms with E-state index in [2.05, 4.69) is 106 Å². The molecule has 0 rings (SSSR count). The van der Waals surface area contributed by atoms with Gasteiger partial charge in [0.15, 0.2) is 6.10 Å². The Morgan fingerprint density at radius 2 is 0.629 bits per heavy atom. The normalized spacial score (nSPS) is 12.8. The zero-order chi connectivity index (χ0) is 45.1. The number of esters is 3. The maximum Gasteiger partial charge on any atom is 0.306 e. The average Bonchev–Trinajstić information content (AvgIpc) is 3.27. The molecule has 6 heteroatoms. The monoisotopic (exact) mass is 863 g/mol. The van der Waals surface area contributed by atoms with Crippen molar-refractivity contribution in [2.75, 3.05) is 13.2 Å². The number of rotatable bonds is 45. The second-order valence-electron chi connectivity index (χ2n) is 16.7. The fourth-order valence-corrected chi connectivity index (χ4v) is 6.79. The summed E-state index contributed by atoms with van der Waals surface area (Å²) in [5.41, 5.74) is 0. The van der Waals surface area contributed by atoms with Crippen molar-refractivity contribution in [1.82, 2.24) is 0 Å². The molecule has 0 aliphatic rings. The Morgan fingerprint density at radius 3 is 1.03 bits per heavy atom. The summed E-state index contributed by atoms with van der Waals surface area (Å²) in [5.74, 6) is -0.919. The fourth-order valence-electron chi connectivity index (χ4n) is 6.79. The number of carbonyl (C=O) groups excluding carboxylic acids is 3. The molecule has 6 nitrogen and oxygen atoms in total. The van der Waals surface area contributed by atoms with E-state index in [1.54, 1.807) is 0 Å². The molecule has 0 aromatic carbocycles. The Morgan fingerprint density at radius 1 is 0.339 bits per heavy atom. The summed E-state index contributed by atoms with van der Waals surface area (Å²) in [6, 6.07) is 0. The first-order chi connectivity index (χ1) is 30.5. The summed E-state index contributed by atoms with van der Waals surface area (Å²) in [6.07, 6.45) is 64.4. The van der Waals surface area contributed by atoms with Gasteiger partial charge in [-0.3, -0.25) is 14.4 Å². The lowest BCUT2D eigenvalue weighted by Crippen LogP contribution is -2.30. The van der Waals surface area contributed by atoms with Gasteiger partial charge in [-0.1, -0.05) is 202 Å². The van der Waals surface area contributed by atoms with Crippen LogP contribution in [0.5, 0.6) is 0 Å². The topological polar surface area (TPSA) is 78.9 Å². The highest BCUT2D eigenvalue weighted by atomic mass is 16.6. The van der Waals surface area contributed by atoms with Crippen LogP contribution in [0.1, 0.15) is 233 Å². The van der Waals surface area contributed by atoms with Gasteiger partial charge in [0.2, 0.25) is 0 Å². The van der Waals surface area contributed by atoms with Crippen LogP contribution < -0.4 is 0 Å². The van der Waals surface area contributed by atoms with Crippen molar-refractivity contribution in [3.05, 3.63) is 85.1 Å². The molecule has 0 heterocycles. The van der Waals surface area contributed by atoms with Crippen LogP contribution >= 0.6 is 0 Å². The van der Waals surface area contributed by atoms with Crippen molar-refractivity contribution in [3.8, 4) is 0 Å². The van der Waals surface area contributed by atoms with Gasteiger partial charge in [-0.15, -0.1) is 0 Å². The number of unbranched alkanes of at least 4 members (excludes halogenated alkanes) is 20. The smallest absolute Gasteiger partial charge is 0.306 e. The van der Waals surface area contributed by atoms with E-state index in [4.69, 9.17) is 14.2 Å². The van der Waals surface area contributed by atoms with Crippen LogP contribution in [0, 0.1) is 0 Å². The van der Waals surface area contributed by atoms with E-state index in [-0.39, 0.29) is 31.1 Å². The van der Waals surface area contributed by atoms with Crippen LogP contribution in [0.4, 0.5) is 0 Å². The Kier molecular flexibility index (Phi) is 47.5. The quantitative estimate of drug-likeness (QED) is 0.0263. The van der Waals surface area contributed by atoms with Crippen LogP contribution in [0.3, 0.4) is 0 Å². The first-order valence-electron chi connectivity index (χ1n) is 25.6. The maximum atomic E-state index is 12.7. The Labute approximate surface area is 382 Å². The SMILES string of the molecule is CC/C=C\C/C=C\C/C=C\C/C=C\C/C=C\C/C=C\CCCCCCCCC(=O)OCC(COC(=O)CCCCCCCCC)OC(=O)CCCCCCC/C=C\CCCCC. The molecule has 0 spiro atoms. The molecule has 0 aromatic heterocycles. The van der Waals surface area contributed by atoms with E-state index >= 15 is 0 Å². The third kappa shape index (κ3) is 47.6. The van der Waals surface area contributed by atoms with Gasteiger partial charge in [0, 0.05) is 19.3 Å². The highest BCUT2D eigenvalue weighted by molar-refractivity contribution is 5.71. The third-order valence-electron chi connectivity index (χ3n) is 10.6. The zero-order valence-electron chi connectivity index (χ0n) is 40.4. The van der Waals surface area contributed by atoms with Crippen LogP contribution in [0.25, 0.3) is 0 Å². The molecule has 0 aromatic rings. The first kappa shape index (κ1) is 58.6. The van der Waals surface area contributed by atoms with Crippen molar-refractivity contribution < 1.29 is 28.6 Å². The Balaban J connectivity index is 4.23. The predicted molar refractivity (Wildman–Crippen MR) is 265 cm³/mol. The van der Waals surface area contributed by atoms with Crippen molar-refractivity contribution in [1.29, 1.82) is 0 Å². The molecule has 0 aliphatic carbocycles. The van der Waals surface area contributed by atoms with Crippen molar-refractivity contribution in [2.24, 2.45) is 0 Å². The molecular formula is C56H94O6. The van der Waals surface area contributed by atoms with Gasteiger partial charge in [-0.25, -0.2) is 0 Å². The molecule has 0 fully saturated rings. The van der Waals surface area contributed by atoms with E-state index in [9.17, 15) is 14.4 Å². The van der Waals surface area contributed by atoms with Gasteiger partial charge in [0.05, 0.1) is 0 Å². The predicted octanol–water partition coefficient (Wildman–Crippen LogP) is 16.8. The highest BCUT2D eigenvalue weighted by Crippen LogP contribution is 2.13. The van der Waals surface area contributed by atoms with Gasteiger partial charge in [0.25, 0.3) is 0 Å². The second-order valence-corrected chi connectivity index (χ2v) is 16.7. The number of hydrogen-bond donors (Lipinski definition) is 0. The maximum absolute atomic E-state index is 12.7. The minimum Gasteiger partial charge on any atom is -0.462 e. The fraction of sp³-hybridized carbons (Fsp3) is 0.696. The highest BCUT2D eigenvalue weighted by Gasteiger charge is 2.19. The van der Waals surface area contributed by atoms with E-state index in [1.165, 1.54) is 70.6 Å².